The highest BCUT2D eigenvalue weighted by molar-refractivity contribution is 8.09. The van der Waals surface area contributed by atoms with E-state index in [1.165, 1.54) is 30.2 Å². The molecule has 7 heteroatoms. The van der Waals surface area contributed by atoms with Crippen molar-refractivity contribution in [1.82, 2.24) is 14.8 Å². The predicted molar refractivity (Wildman–Crippen MR) is 92.1 cm³/mol. The van der Waals surface area contributed by atoms with Crippen LogP contribution in [-0.4, -0.2) is 26.0 Å². The monoisotopic (exact) mass is 331 g/mol. The summed E-state index contributed by atoms with van der Waals surface area (Å²) >= 11 is 1.45. The molecule has 0 saturated carbocycles. The van der Waals surface area contributed by atoms with Crippen molar-refractivity contribution in [2.24, 2.45) is 10.7 Å². The van der Waals surface area contributed by atoms with E-state index in [0.29, 0.717) is 0 Å². The maximum atomic E-state index is 13.2. The fraction of sp³-hybridized carbons (Fsp3) is 0.312. The second-order valence-electron chi connectivity index (χ2n) is 5.21. The van der Waals surface area contributed by atoms with E-state index in [2.05, 4.69) is 22.0 Å². The number of aromatic nitrogens is 3. The number of aliphatic imine (C=N–C) groups is 1. The lowest BCUT2D eigenvalue weighted by Crippen LogP contribution is -2.23. The molecular weight excluding hydrogens is 313 g/mol. The van der Waals surface area contributed by atoms with Crippen LogP contribution in [0.3, 0.4) is 0 Å². The van der Waals surface area contributed by atoms with Crippen molar-refractivity contribution < 1.29 is 4.39 Å². The van der Waals surface area contributed by atoms with Gasteiger partial charge in [0.1, 0.15) is 29.7 Å². The van der Waals surface area contributed by atoms with Crippen LogP contribution in [0.2, 0.25) is 0 Å². The smallest absolute Gasteiger partial charge is 0.149 e. The summed E-state index contributed by atoms with van der Waals surface area (Å²) in [5, 5.41) is 4.26. The highest BCUT2D eigenvalue weighted by Crippen LogP contribution is 2.39. The zero-order valence-corrected chi connectivity index (χ0v) is 13.6. The summed E-state index contributed by atoms with van der Waals surface area (Å²) in [6.45, 7) is 2.14. The van der Waals surface area contributed by atoms with Crippen molar-refractivity contribution in [2.45, 2.75) is 31.7 Å². The summed E-state index contributed by atoms with van der Waals surface area (Å²) in [6.07, 6.45) is 6.05. The SMILES string of the molecule is CCCCC1=NC(N)SC(c2ccc(F)cc2)=C1n1cncn1. The number of hydrogen-bond donors (Lipinski definition) is 1. The first-order valence-corrected chi connectivity index (χ1v) is 8.41. The van der Waals surface area contributed by atoms with Gasteiger partial charge in [0.25, 0.3) is 0 Å². The third-order valence-electron chi connectivity index (χ3n) is 3.53. The molecule has 1 aromatic carbocycles. The van der Waals surface area contributed by atoms with Gasteiger partial charge in [0.2, 0.25) is 0 Å². The van der Waals surface area contributed by atoms with Gasteiger partial charge in [-0.15, -0.1) is 0 Å². The molecule has 0 aliphatic carbocycles. The number of unbranched alkanes of at least 4 members (excludes halogenated alkanes) is 1. The zero-order chi connectivity index (χ0) is 16.2. The maximum Gasteiger partial charge on any atom is 0.149 e. The lowest BCUT2D eigenvalue weighted by atomic mass is 10.1. The highest BCUT2D eigenvalue weighted by atomic mass is 32.2. The molecule has 0 radical (unpaired) electrons. The van der Waals surface area contributed by atoms with Crippen LogP contribution in [0, 0.1) is 5.82 Å². The van der Waals surface area contributed by atoms with E-state index < -0.39 is 0 Å². The van der Waals surface area contributed by atoms with Crippen molar-refractivity contribution in [3.8, 4) is 0 Å². The standard InChI is InChI=1S/C16H18FN5S/c1-2-3-4-13-14(22-10-19-9-20-22)15(23-16(18)21-13)11-5-7-12(17)8-6-11/h5-10,16H,2-4,18H2,1H3. The Kier molecular flexibility index (Phi) is 4.88. The van der Waals surface area contributed by atoms with Gasteiger partial charge in [-0.1, -0.05) is 37.2 Å². The third kappa shape index (κ3) is 3.51. The average Bonchev–Trinajstić information content (AvgIpc) is 3.07. The van der Waals surface area contributed by atoms with E-state index in [1.54, 1.807) is 23.1 Å². The van der Waals surface area contributed by atoms with Crippen molar-refractivity contribution in [3.63, 3.8) is 0 Å². The predicted octanol–water partition coefficient (Wildman–Crippen LogP) is 3.36. The van der Waals surface area contributed by atoms with Crippen LogP contribution in [0.5, 0.6) is 0 Å². The van der Waals surface area contributed by atoms with Gasteiger partial charge < -0.3 is 5.73 Å². The van der Waals surface area contributed by atoms with E-state index >= 15 is 0 Å². The number of thioether (sulfide) groups is 1. The van der Waals surface area contributed by atoms with E-state index in [1.807, 2.05) is 0 Å². The van der Waals surface area contributed by atoms with E-state index in [-0.39, 0.29) is 11.3 Å². The van der Waals surface area contributed by atoms with Crippen LogP contribution in [0.15, 0.2) is 41.9 Å². The lowest BCUT2D eigenvalue weighted by Gasteiger charge is -2.24. The van der Waals surface area contributed by atoms with Crippen molar-refractivity contribution in [2.75, 3.05) is 0 Å². The number of hydrogen-bond acceptors (Lipinski definition) is 5. The molecule has 3 rings (SSSR count). The van der Waals surface area contributed by atoms with Crippen molar-refractivity contribution >= 4 is 28.1 Å². The first kappa shape index (κ1) is 15.9. The van der Waals surface area contributed by atoms with Gasteiger partial charge in [-0.3, -0.25) is 4.99 Å². The molecule has 1 unspecified atom stereocenters. The molecule has 2 aromatic rings. The van der Waals surface area contributed by atoms with Crippen LogP contribution in [0.25, 0.3) is 10.6 Å². The highest BCUT2D eigenvalue weighted by Gasteiger charge is 2.25. The molecule has 0 bridgehead atoms. The van der Waals surface area contributed by atoms with Crippen LogP contribution in [0.1, 0.15) is 31.7 Å². The molecule has 1 aromatic heterocycles. The number of nitrogens with zero attached hydrogens (tertiary/aromatic N) is 4. The molecule has 0 spiro atoms. The van der Waals surface area contributed by atoms with Gasteiger partial charge in [0.05, 0.1) is 5.71 Å². The number of nitrogens with two attached hydrogens (primary N) is 1. The minimum Gasteiger partial charge on any atom is -0.301 e. The fourth-order valence-corrected chi connectivity index (χ4v) is 3.46. The van der Waals surface area contributed by atoms with Crippen molar-refractivity contribution in [3.05, 3.63) is 48.3 Å². The molecule has 0 fully saturated rings. The summed E-state index contributed by atoms with van der Waals surface area (Å²) in [5.74, 6) is -0.262. The molecule has 0 amide bonds. The number of halogens is 1. The summed E-state index contributed by atoms with van der Waals surface area (Å²) in [5.41, 5.74) is 8.43. The molecule has 120 valence electrons. The van der Waals surface area contributed by atoms with E-state index in [4.69, 9.17) is 5.73 Å². The second-order valence-corrected chi connectivity index (χ2v) is 6.34. The van der Waals surface area contributed by atoms with Crippen LogP contribution < -0.4 is 5.73 Å². The molecule has 0 saturated heterocycles. The number of rotatable bonds is 5. The van der Waals surface area contributed by atoms with E-state index in [9.17, 15) is 4.39 Å². The molecule has 1 aliphatic heterocycles. The summed E-state index contributed by atoms with van der Waals surface area (Å²) in [6, 6.07) is 6.41. The summed E-state index contributed by atoms with van der Waals surface area (Å²) in [4.78, 5) is 9.57. The van der Waals surface area contributed by atoms with E-state index in [0.717, 1.165) is 41.1 Å². The van der Waals surface area contributed by atoms with Gasteiger partial charge in [-0.25, -0.2) is 14.1 Å². The van der Waals surface area contributed by atoms with Crippen LogP contribution >= 0.6 is 11.8 Å². The Bertz CT molecular complexity index is 721. The molecule has 1 atom stereocenters. The topological polar surface area (TPSA) is 69.1 Å². The summed E-state index contributed by atoms with van der Waals surface area (Å²) < 4.78 is 15.0. The lowest BCUT2D eigenvalue weighted by molar-refractivity contribution is 0.627. The van der Waals surface area contributed by atoms with Crippen LogP contribution in [0.4, 0.5) is 4.39 Å². The molecule has 2 heterocycles. The Morgan fingerprint density at radius 3 is 2.74 bits per heavy atom. The Morgan fingerprint density at radius 1 is 1.30 bits per heavy atom. The second kappa shape index (κ2) is 7.06. The van der Waals surface area contributed by atoms with Gasteiger partial charge in [-0.05, 0) is 30.5 Å². The summed E-state index contributed by atoms with van der Waals surface area (Å²) in [7, 11) is 0. The first-order valence-electron chi connectivity index (χ1n) is 7.53. The molecular formula is C16H18FN5S. The third-order valence-corrected chi connectivity index (χ3v) is 4.54. The Morgan fingerprint density at radius 2 is 2.09 bits per heavy atom. The van der Waals surface area contributed by atoms with Gasteiger partial charge in [0, 0.05) is 4.91 Å². The zero-order valence-electron chi connectivity index (χ0n) is 12.8. The fourth-order valence-electron chi connectivity index (χ4n) is 2.44. The quantitative estimate of drug-likeness (QED) is 0.912. The van der Waals surface area contributed by atoms with Gasteiger partial charge >= 0.3 is 0 Å². The molecule has 5 nitrogen and oxygen atoms in total. The molecule has 2 N–H and O–H groups in total. The first-order chi connectivity index (χ1) is 11.2. The Labute approximate surface area is 138 Å². The average molecular weight is 331 g/mol. The van der Waals surface area contributed by atoms with Crippen molar-refractivity contribution in [1.29, 1.82) is 0 Å². The Hall–Kier alpha value is -1.99. The number of benzene rings is 1. The Balaban J connectivity index is 2.11. The molecule has 23 heavy (non-hydrogen) atoms. The normalized spacial score (nSPS) is 18.2. The maximum absolute atomic E-state index is 13.2. The number of allylic oxidation sites excluding steroid dienone is 1. The van der Waals surface area contributed by atoms with Gasteiger partial charge in [-0.2, -0.15) is 5.10 Å². The van der Waals surface area contributed by atoms with Gasteiger partial charge in [0.15, 0.2) is 0 Å². The largest absolute Gasteiger partial charge is 0.301 e. The minimum absolute atomic E-state index is 0.262. The van der Waals surface area contributed by atoms with Crippen LogP contribution in [-0.2, 0) is 0 Å². The molecule has 1 aliphatic rings. The minimum atomic E-state index is -0.366.